The van der Waals surface area contributed by atoms with Crippen molar-refractivity contribution in [3.8, 4) is 5.75 Å². The average molecular weight is 503 g/mol. The van der Waals surface area contributed by atoms with Gasteiger partial charge in [-0.1, -0.05) is 36.4 Å². The summed E-state index contributed by atoms with van der Waals surface area (Å²) in [7, 11) is 0. The lowest BCUT2D eigenvalue weighted by Crippen LogP contribution is -2.18. The topological polar surface area (TPSA) is 93.7 Å². The van der Waals surface area contributed by atoms with Crippen molar-refractivity contribution in [3.63, 3.8) is 0 Å². The van der Waals surface area contributed by atoms with Crippen molar-refractivity contribution in [1.82, 2.24) is 0 Å². The SMILES string of the molecule is CCOC(=O)c1c(NC(=O)C=CC2=Cc3ccccc3OC2C)sc(C(=O)Nc2ccccc2)c1C. The predicted molar refractivity (Wildman–Crippen MR) is 142 cm³/mol. The minimum Gasteiger partial charge on any atom is -0.485 e. The fourth-order valence-electron chi connectivity index (χ4n) is 3.75. The Hall–Kier alpha value is -4.17. The second kappa shape index (κ2) is 11.0. The molecular weight excluding hydrogens is 476 g/mol. The van der Waals surface area contributed by atoms with Crippen molar-refractivity contribution >= 4 is 45.9 Å². The molecule has 0 bridgehead atoms. The first-order chi connectivity index (χ1) is 17.4. The van der Waals surface area contributed by atoms with Crippen LogP contribution < -0.4 is 15.4 Å². The van der Waals surface area contributed by atoms with Gasteiger partial charge in [-0.2, -0.15) is 0 Å². The maximum Gasteiger partial charge on any atom is 0.341 e. The maximum atomic E-state index is 12.9. The van der Waals surface area contributed by atoms with Crippen molar-refractivity contribution in [2.24, 2.45) is 0 Å². The summed E-state index contributed by atoms with van der Waals surface area (Å²) in [4.78, 5) is 38.7. The summed E-state index contributed by atoms with van der Waals surface area (Å²) >= 11 is 1.03. The van der Waals surface area contributed by atoms with E-state index < -0.39 is 11.9 Å². The number of benzene rings is 2. The Labute approximate surface area is 213 Å². The van der Waals surface area contributed by atoms with Crippen LogP contribution in [0.5, 0.6) is 5.75 Å². The van der Waals surface area contributed by atoms with Gasteiger partial charge in [-0.15, -0.1) is 11.3 Å². The highest BCUT2D eigenvalue weighted by molar-refractivity contribution is 7.19. The highest BCUT2D eigenvalue weighted by Crippen LogP contribution is 2.35. The molecule has 4 rings (SSSR count). The Morgan fingerprint density at radius 2 is 1.78 bits per heavy atom. The molecule has 1 atom stereocenters. The number of esters is 1. The molecule has 7 nitrogen and oxygen atoms in total. The van der Waals surface area contributed by atoms with Gasteiger partial charge < -0.3 is 20.1 Å². The first-order valence-corrected chi connectivity index (χ1v) is 12.3. The van der Waals surface area contributed by atoms with Crippen molar-refractivity contribution in [2.75, 3.05) is 17.2 Å². The standard InChI is InChI=1S/C28H26N2O5S/c1-4-34-28(33)24-17(2)25(26(32)29-21-11-6-5-7-12-21)36-27(24)30-23(31)15-14-19-16-20-10-8-9-13-22(20)35-18(19)3/h5-16,18H,4H2,1-3H3,(H,29,32)(H,30,31). The maximum absolute atomic E-state index is 12.9. The number of nitrogens with one attached hydrogen (secondary N) is 2. The smallest absolute Gasteiger partial charge is 0.341 e. The summed E-state index contributed by atoms with van der Waals surface area (Å²) in [6.07, 6.45) is 4.81. The summed E-state index contributed by atoms with van der Waals surface area (Å²) in [5.74, 6) is -0.620. The predicted octanol–water partition coefficient (Wildman–Crippen LogP) is 5.84. The number of fused-ring (bicyclic) bond motifs is 1. The summed E-state index contributed by atoms with van der Waals surface area (Å²) in [6.45, 7) is 5.43. The molecule has 2 amide bonds. The molecule has 1 unspecified atom stereocenters. The first kappa shape index (κ1) is 24.9. The zero-order valence-electron chi connectivity index (χ0n) is 20.2. The summed E-state index contributed by atoms with van der Waals surface area (Å²) in [5.41, 5.74) is 3.01. The highest BCUT2D eigenvalue weighted by Gasteiger charge is 2.26. The van der Waals surface area contributed by atoms with Crippen molar-refractivity contribution in [1.29, 1.82) is 0 Å². The van der Waals surface area contributed by atoms with E-state index in [9.17, 15) is 14.4 Å². The van der Waals surface area contributed by atoms with Gasteiger partial charge in [0.25, 0.3) is 5.91 Å². The molecule has 2 heterocycles. The van der Waals surface area contributed by atoms with Gasteiger partial charge in [0.2, 0.25) is 5.91 Å². The third kappa shape index (κ3) is 5.55. The number of carbonyl (C=O) groups is 3. The molecule has 184 valence electrons. The van der Waals surface area contributed by atoms with E-state index in [1.165, 1.54) is 6.08 Å². The molecular formula is C28H26N2O5S. The number of rotatable bonds is 7. The molecule has 1 aliphatic heterocycles. The Kier molecular flexibility index (Phi) is 7.65. The van der Waals surface area contributed by atoms with Gasteiger partial charge in [0.05, 0.1) is 17.0 Å². The van der Waals surface area contributed by atoms with E-state index in [0.29, 0.717) is 16.1 Å². The van der Waals surface area contributed by atoms with Crippen LogP contribution in [0.15, 0.2) is 72.3 Å². The van der Waals surface area contributed by atoms with Gasteiger partial charge in [0.15, 0.2) is 0 Å². The molecule has 0 saturated heterocycles. The molecule has 2 N–H and O–H groups in total. The number of hydrogen-bond donors (Lipinski definition) is 2. The number of ether oxygens (including phenoxy) is 2. The van der Waals surface area contributed by atoms with E-state index in [1.54, 1.807) is 32.1 Å². The summed E-state index contributed by atoms with van der Waals surface area (Å²) in [5, 5.41) is 5.82. The number of para-hydroxylation sites is 2. The van der Waals surface area contributed by atoms with Crippen molar-refractivity contribution < 1.29 is 23.9 Å². The van der Waals surface area contributed by atoms with Crippen LogP contribution in [0.2, 0.25) is 0 Å². The van der Waals surface area contributed by atoms with Gasteiger partial charge in [-0.25, -0.2) is 4.79 Å². The fraction of sp³-hybridized carbons (Fsp3) is 0.179. The van der Waals surface area contributed by atoms with Crippen LogP contribution in [0.4, 0.5) is 10.7 Å². The van der Waals surface area contributed by atoms with E-state index in [0.717, 1.165) is 28.2 Å². The average Bonchev–Trinajstić information content (AvgIpc) is 3.19. The first-order valence-electron chi connectivity index (χ1n) is 11.5. The number of hydrogen-bond acceptors (Lipinski definition) is 6. The lowest BCUT2D eigenvalue weighted by molar-refractivity contribution is -0.111. The molecule has 1 aliphatic rings. The number of thiophene rings is 1. The minimum atomic E-state index is -0.599. The molecule has 0 saturated carbocycles. The van der Waals surface area contributed by atoms with Crippen molar-refractivity contribution in [3.05, 3.63) is 93.9 Å². The van der Waals surface area contributed by atoms with E-state index in [-0.39, 0.29) is 29.2 Å². The Morgan fingerprint density at radius 1 is 1.06 bits per heavy atom. The zero-order chi connectivity index (χ0) is 25.7. The van der Waals surface area contributed by atoms with Crippen LogP contribution >= 0.6 is 11.3 Å². The lowest BCUT2D eigenvalue weighted by Gasteiger charge is -2.22. The second-order valence-corrected chi connectivity index (χ2v) is 9.09. The number of carbonyl (C=O) groups excluding carboxylic acids is 3. The molecule has 36 heavy (non-hydrogen) atoms. The van der Waals surface area contributed by atoms with Crippen LogP contribution in [0.3, 0.4) is 0 Å². The molecule has 0 fully saturated rings. The van der Waals surface area contributed by atoms with Gasteiger partial charge in [0.1, 0.15) is 16.9 Å². The second-order valence-electron chi connectivity index (χ2n) is 8.07. The normalized spacial score (nSPS) is 14.4. The van der Waals surface area contributed by atoms with Gasteiger partial charge in [-0.05, 0) is 62.3 Å². The van der Waals surface area contributed by atoms with Gasteiger partial charge in [-0.3, -0.25) is 9.59 Å². The van der Waals surface area contributed by atoms with Crippen molar-refractivity contribution in [2.45, 2.75) is 26.9 Å². The molecule has 0 aliphatic carbocycles. The van der Waals surface area contributed by atoms with Gasteiger partial charge >= 0.3 is 5.97 Å². The van der Waals surface area contributed by atoms with Crippen LogP contribution in [-0.4, -0.2) is 30.5 Å². The zero-order valence-corrected chi connectivity index (χ0v) is 21.0. The Balaban J connectivity index is 1.57. The number of anilines is 2. The van der Waals surface area contributed by atoms with Gasteiger partial charge in [0, 0.05) is 17.3 Å². The van der Waals surface area contributed by atoms with E-state index in [4.69, 9.17) is 9.47 Å². The molecule has 2 aromatic carbocycles. The lowest BCUT2D eigenvalue weighted by atomic mass is 10.0. The molecule has 0 radical (unpaired) electrons. The van der Waals surface area contributed by atoms with E-state index >= 15 is 0 Å². The van der Waals surface area contributed by atoms with Crippen LogP contribution in [0.1, 0.15) is 45.0 Å². The largest absolute Gasteiger partial charge is 0.485 e. The minimum absolute atomic E-state index is 0.167. The molecule has 8 heteroatoms. The number of amides is 2. The van der Waals surface area contributed by atoms with E-state index in [2.05, 4.69) is 10.6 Å². The Morgan fingerprint density at radius 3 is 2.53 bits per heavy atom. The van der Waals surface area contributed by atoms with Crippen LogP contribution in [0, 0.1) is 6.92 Å². The van der Waals surface area contributed by atoms with Crippen LogP contribution in [-0.2, 0) is 9.53 Å². The Bertz CT molecular complexity index is 1360. The molecule has 1 aromatic heterocycles. The van der Waals surface area contributed by atoms with E-state index in [1.807, 2.05) is 55.5 Å². The monoisotopic (exact) mass is 502 g/mol. The highest BCUT2D eigenvalue weighted by atomic mass is 32.1. The third-order valence-corrected chi connectivity index (χ3v) is 6.75. The third-order valence-electron chi connectivity index (χ3n) is 5.54. The van der Waals surface area contributed by atoms with Crippen LogP contribution in [0.25, 0.3) is 6.08 Å². The quantitative estimate of drug-likeness (QED) is 0.313. The summed E-state index contributed by atoms with van der Waals surface area (Å²) in [6, 6.07) is 16.7. The molecule has 3 aromatic rings. The molecule has 0 spiro atoms. The summed E-state index contributed by atoms with van der Waals surface area (Å²) < 4.78 is 11.1. The fourth-order valence-corrected chi connectivity index (χ4v) is 4.84.